The number of rotatable bonds is 1. The molecule has 0 aliphatic carbocycles. The summed E-state index contributed by atoms with van der Waals surface area (Å²) in [6.45, 7) is 5.69. The molecule has 17 heavy (non-hydrogen) atoms. The highest BCUT2D eigenvalue weighted by Crippen LogP contribution is 2.36. The van der Waals surface area contributed by atoms with Gasteiger partial charge in [0.15, 0.2) is 0 Å². The normalized spacial score (nSPS) is 23.1. The van der Waals surface area contributed by atoms with E-state index < -0.39 is 0 Å². The number of nitrogens with one attached hydrogen (secondary N) is 1. The summed E-state index contributed by atoms with van der Waals surface area (Å²) in [6.07, 6.45) is 3.07. The van der Waals surface area contributed by atoms with Crippen molar-refractivity contribution in [1.29, 1.82) is 0 Å². The summed E-state index contributed by atoms with van der Waals surface area (Å²) in [5.41, 5.74) is 2.72. The van der Waals surface area contributed by atoms with Gasteiger partial charge in [0.05, 0.1) is 5.52 Å². The van der Waals surface area contributed by atoms with E-state index in [-0.39, 0.29) is 5.54 Å². The number of fused-ring (bicyclic) bond motifs is 1. The molecule has 0 saturated carbocycles. The van der Waals surface area contributed by atoms with Gasteiger partial charge in [-0.25, -0.2) is 0 Å². The predicted octanol–water partition coefficient (Wildman–Crippen LogP) is 3.09. The van der Waals surface area contributed by atoms with E-state index in [1.54, 1.807) is 0 Å². The van der Waals surface area contributed by atoms with Crippen LogP contribution < -0.4 is 5.32 Å². The average molecular weight is 226 g/mol. The zero-order valence-corrected chi connectivity index (χ0v) is 10.4. The maximum Gasteiger partial charge on any atom is 0.0702 e. The van der Waals surface area contributed by atoms with Crippen LogP contribution in [0.3, 0.4) is 0 Å². The van der Waals surface area contributed by atoms with E-state index in [0.717, 1.165) is 12.1 Å². The molecule has 1 aromatic carbocycles. The summed E-state index contributed by atoms with van der Waals surface area (Å²) in [5.74, 6) is 0.604. The first-order valence-corrected chi connectivity index (χ1v) is 6.26. The summed E-state index contributed by atoms with van der Waals surface area (Å²) in [7, 11) is 0. The van der Waals surface area contributed by atoms with E-state index in [2.05, 4.69) is 48.4 Å². The molecule has 0 spiro atoms. The largest absolute Gasteiger partial charge is 0.311 e. The highest BCUT2D eigenvalue weighted by atomic mass is 15.0. The van der Waals surface area contributed by atoms with Crippen LogP contribution in [0.15, 0.2) is 36.5 Å². The van der Waals surface area contributed by atoms with Crippen LogP contribution >= 0.6 is 0 Å². The second-order valence-corrected chi connectivity index (χ2v) is 5.45. The summed E-state index contributed by atoms with van der Waals surface area (Å²) < 4.78 is 0. The minimum Gasteiger partial charge on any atom is -0.311 e. The molecule has 1 fully saturated rings. The van der Waals surface area contributed by atoms with E-state index >= 15 is 0 Å². The van der Waals surface area contributed by atoms with Gasteiger partial charge in [-0.05, 0) is 50.6 Å². The third-order valence-electron chi connectivity index (χ3n) is 3.91. The molecule has 2 heteroatoms. The number of nitrogens with zero attached hydrogens (tertiary/aromatic N) is 1. The van der Waals surface area contributed by atoms with Gasteiger partial charge >= 0.3 is 0 Å². The Morgan fingerprint density at radius 1 is 1.29 bits per heavy atom. The van der Waals surface area contributed by atoms with Crippen LogP contribution in [0, 0.1) is 0 Å². The number of pyridine rings is 1. The molecule has 88 valence electrons. The fraction of sp³-hybridized carbons (Fsp3) is 0.400. The van der Waals surface area contributed by atoms with Gasteiger partial charge in [-0.3, -0.25) is 4.98 Å². The summed E-state index contributed by atoms with van der Waals surface area (Å²) in [6, 6.07) is 10.8. The lowest BCUT2D eigenvalue weighted by Gasteiger charge is -2.27. The van der Waals surface area contributed by atoms with Crippen LogP contribution in [0.2, 0.25) is 0 Å². The van der Waals surface area contributed by atoms with Crippen LogP contribution in [0.25, 0.3) is 10.9 Å². The zero-order valence-electron chi connectivity index (χ0n) is 10.4. The van der Waals surface area contributed by atoms with E-state index in [4.69, 9.17) is 0 Å². The molecule has 1 aliphatic rings. The van der Waals surface area contributed by atoms with Crippen LogP contribution in [-0.2, 0) is 0 Å². The number of benzene rings is 1. The van der Waals surface area contributed by atoms with Gasteiger partial charge in [0, 0.05) is 23.0 Å². The van der Waals surface area contributed by atoms with Crippen molar-refractivity contribution in [3.8, 4) is 0 Å². The van der Waals surface area contributed by atoms with Crippen molar-refractivity contribution in [3.05, 3.63) is 42.1 Å². The summed E-state index contributed by atoms with van der Waals surface area (Å²) >= 11 is 0. The number of hydrogen-bond donors (Lipinski definition) is 1. The standard InChI is InChI=1S/C15H18N2/c1-15(2)13(7-9-17-15)11-5-6-14-12(10-11)4-3-8-16-14/h3-6,8,10,13,17H,7,9H2,1-2H3. The molecule has 1 aromatic heterocycles. The first-order valence-electron chi connectivity index (χ1n) is 6.26. The number of hydrogen-bond acceptors (Lipinski definition) is 2. The molecular weight excluding hydrogens is 208 g/mol. The van der Waals surface area contributed by atoms with Crippen molar-refractivity contribution in [2.45, 2.75) is 31.7 Å². The molecule has 2 heterocycles. The number of aromatic nitrogens is 1. The Morgan fingerprint density at radius 2 is 2.18 bits per heavy atom. The van der Waals surface area contributed by atoms with Crippen LogP contribution in [-0.4, -0.2) is 17.1 Å². The van der Waals surface area contributed by atoms with Crippen molar-refractivity contribution in [3.63, 3.8) is 0 Å². The van der Waals surface area contributed by atoms with Gasteiger partial charge in [-0.1, -0.05) is 12.1 Å². The monoisotopic (exact) mass is 226 g/mol. The van der Waals surface area contributed by atoms with Gasteiger partial charge in [-0.15, -0.1) is 0 Å². The highest BCUT2D eigenvalue weighted by molar-refractivity contribution is 5.79. The SMILES string of the molecule is CC1(C)NCCC1c1ccc2ncccc2c1. The molecule has 0 radical (unpaired) electrons. The average Bonchev–Trinajstić information content (AvgIpc) is 2.68. The van der Waals surface area contributed by atoms with Crippen LogP contribution in [0.4, 0.5) is 0 Å². The molecular formula is C15H18N2. The topological polar surface area (TPSA) is 24.9 Å². The molecule has 1 unspecified atom stereocenters. The Balaban J connectivity index is 2.06. The third kappa shape index (κ3) is 1.83. The maximum absolute atomic E-state index is 4.37. The molecule has 0 bridgehead atoms. The molecule has 3 rings (SSSR count). The van der Waals surface area contributed by atoms with Gasteiger partial charge in [0.25, 0.3) is 0 Å². The van der Waals surface area contributed by atoms with Crippen LogP contribution in [0.5, 0.6) is 0 Å². The third-order valence-corrected chi connectivity index (χ3v) is 3.91. The summed E-state index contributed by atoms with van der Waals surface area (Å²) in [4.78, 5) is 4.37. The quantitative estimate of drug-likeness (QED) is 0.808. The van der Waals surface area contributed by atoms with E-state index in [1.807, 2.05) is 12.3 Å². The molecule has 2 nitrogen and oxygen atoms in total. The van der Waals surface area contributed by atoms with Crippen molar-refractivity contribution in [2.24, 2.45) is 0 Å². The Morgan fingerprint density at radius 3 is 2.94 bits per heavy atom. The Hall–Kier alpha value is -1.41. The zero-order chi connectivity index (χ0) is 11.9. The minimum absolute atomic E-state index is 0.204. The first-order chi connectivity index (χ1) is 8.17. The fourth-order valence-corrected chi connectivity index (χ4v) is 2.92. The Labute approximate surface area is 102 Å². The van der Waals surface area contributed by atoms with Crippen molar-refractivity contribution in [1.82, 2.24) is 10.3 Å². The van der Waals surface area contributed by atoms with E-state index in [1.165, 1.54) is 17.4 Å². The first kappa shape index (κ1) is 10.7. The minimum atomic E-state index is 0.204. The van der Waals surface area contributed by atoms with Gasteiger partial charge < -0.3 is 5.32 Å². The summed E-state index contributed by atoms with van der Waals surface area (Å²) in [5, 5.41) is 4.82. The smallest absolute Gasteiger partial charge is 0.0702 e. The second kappa shape index (κ2) is 3.81. The van der Waals surface area contributed by atoms with Crippen molar-refractivity contribution >= 4 is 10.9 Å². The van der Waals surface area contributed by atoms with Gasteiger partial charge in [0.1, 0.15) is 0 Å². The lowest BCUT2D eigenvalue weighted by molar-refractivity contribution is 0.411. The molecule has 1 N–H and O–H groups in total. The molecule has 2 aromatic rings. The Kier molecular flexibility index (Phi) is 2.40. The highest BCUT2D eigenvalue weighted by Gasteiger charge is 2.34. The molecule has 1 saturated heterocycles. The van der Waals surface area contributed by atoms with Gasteiger partial charge in [-0.2, -0.15) is 0 Å². The second-order valence-electron chi connectivity index (χ2n) is 5.45. The maximum atomic E-state index is 4.37. The van der Waals surface area contributed by atoms with E-state index in [0.29, 0.717) is 5.92 Å². The molecule has 1 aliphatic heterocycles. The lowest BCUT2D eigenvalue weighted by Crippen LogP contribution is -2.36. The van der Waals surface area contributed by atoms with Crippen molar-refractivity contribution in [2.75, 3.05) is 6.54 Å². The van der Waals surface area contributed by atoms with E-state index in [9.17, 15) is 0 Å². The molecule has 0 amide bonds. The fourth-order valence-electron chi connectivity index (χ4n) is 2.92. The Bertz CT molecular complexity index is 545. The lowest BCUT2D eigenvalue weighted by atomic mass is 9.83. The molecule has 1 atom stereocenters. The van der Waals surface area contributed by atoms with Crippen LogP contribution in [0.1, 0.15) is 31.7 Å². The van der Waals surface area contributed by atoms with Crippen molar-refractivity contribution < 1.29 is 0 Å². The van der Waals surface area contributed by atoms with Gasteiger partial charge in [0.2, 0.25) is 0 Å². The predicted molar refractivity (Wildman–Crippen MR) is 71.2 cm³/mol.